The quantitative estimate of drug-likeness (QED) is 0.927. The minimum absolute atomic E-state index is 0.175. The summed E-state index contributed by atoms with van der Waals surface area (Å²) in [6, 6.07) is 10.3. The maximum absolute atomic E-state index is 11.0. The van der Waals surface area contributed by atoms with Crippen molar-refractivity contribution in [2.75, 3.05) is 0 Å². The van der Waals surface area contributed by atoms with Gasteiger partial charge in [-0.05, 0) is 40.5 Å². The van der Waals surface area contributed by atoms with E-state index in [1.54, 1.807) is 12.1 Å². The lowest BCUT2D eigenvalue weighted by Gasteiger charge is -2.08. The van der Waals surface area contributed by atoms with Crippen molar-refractivity contribution < 1.29 is 14.6 Å². The molecule has 0 aliphatic heterocycles. The Kier molecular flexibility index (Phi) is 4.16. The van der Waals surface area contributed by atoms with Crippen molar-refractivity contribution in [3.63, 3.8) is 0 Å². The minimum Gasteiger partial charge on any atom is -0.478 e. The van der Waals surface area contributed by atoms with E-state index in [1.165, 1.54) is 6.07 Å². The van der Waals surface area contributed by atoms with Gasteiger partial charge in [0.25, 0.3) is 0 Å². The highest BCUT2D eigenvalue weighted by molar-refractivity contribution is 9.10. The molecular weight excluding hydrogens is 310 g/mol. The van der Waals surface area contributed by atoms with Gasteiger partial charge in [0, 0.05) is 11.8 Å². The fourth-order valence-electron chi connectivity index (χ4n) is 1.56. The predicted molar refractivity (Wildman–Crippen MR) is 74.8 cm³/mol. The SMILES string of the molecule is CCc1cc(C(=O)O)cc(Oc2ccccc2Br)n1. The summed E-state index contributed by atoms with van der Waals surface area (Å²) in [5.41, 5.74) is 0.857. The van der Waals surface area contributed by atoms with E-state index in [2.05, 4.69) is 20.9 Å². The predicted octanol–water partition coefficient (Wildman–Crippen LogP) is 3.90. The average molecular weight is 322 g/mol. The number of benzene rings is 1. The molecule has 0 atom stereocenters. The van der Waals surface area contributed by atoms with Gasteiger partial charge < -0.3 is 9.84 Å². The topological polar surface area (TPSA) is 59.4 Å². The second-order valence-electron chi connectivity index (χ2n) is 3.88. The fraction of sp³-hybridized carbons (Fsp3) is 0.143. The number of hydrogen-bond donors (Lipinski definition) is 1. The second-order valence-corrected chi connectivity index (χ2v) is 4.73. The van der Waals surface area contributed by atoms with E-state index in [9.17, 15) is 4.79 Å². The Bertz CT molecular complexity index is 613. The summed E-state index contributed by atoms with van der Waals surface area (Å²) in [6.07, 6.45) is 0.646. The molecule has 0 aliphatic carbocycles. The number of rotatable bonds is 4. The maximum Gasteiger partial charge on any atom is 0.335 e. The molecular formula is C14H12BrNO3. The molecule has 4 nitrogen and oxygen atoms in total. The van der Waals surface area contributed by atoms with Crippen molar-refractivity contribution in [2.24, 2.45) is 0 Å². The number of aromatic nitrogens is 1. The summed E-state index contributed by atoms with van der Waals surface area (Å²) in [5, 5.41) is 9.06. The third-order valence-corrected chi connectivity index (χ3v) is 3.17. The molecule has 1 heterocycles. The second kappa shape index (κ2) is 5.84. The monoisotopic (exact) mass is 321 g/mol. The lowest BCUT2D eigenvalue weighted by molar-refractivity contribution is 0.0696. The molecule has 0 saturated carbocycles. The third kappa shape index (κ3) is 3.32. The molecule has 0 fully saturated rings. The van der Waals surface area contributed by atoms with Gasteiger partial charge in [-0.1, -0.05) is 19.1 Å². The van der Waals surface area contributed by atoms with Gasteiger partial charge in [0.15, 0.2) is 0 Å². The standard InChI is InChI=1S/C14H12BrNO3/c1-2-10-7-9(14(17)18)8-13(16-10)19-12-6-4-3-5-11(12)15/h3-8H,2H2,1H3,(H,17,18). The van der Waals surface area contributed by atoms with Gasteiger partial charge in [-0.2, -0.15) is 0 Å². The highest BCUT2D eigenvalue weighted by Gasteiger charge is 2.10. The van der Waals surface area contributed by atoms with Crippen molar-refractivity contribution in [1.82, 2.24) is 4.98 Å². The van der Waals surface area contributed by atoms with Crippen molar-refractivity contribution in [1.29, 1.82) is 0 Å². The highest BCUT2D eigenvalue weighted by Crippen LogP contribution is 2.28. The number of carboxylic acid groups (broad SMARTS) is 1. The van der Waals surface area contributed by atoms with Gasteiger partial charge in [0.2, 0.25) is 5.88 Å². The largest absolute Gasteiger partial charge is 0.478 e. The van der Waals surface area contributed by atoms with E-state index in [1.807, 2.05) is 25.1 Å². The van der Waals surface area contributed by atoms with E-state index in [4.69, 9.17) is 9.84 Å². The van der Waals surface area contributed by atoms with E-state index >= 15 is 0 Å². The Morgan fingerprint density at radius 1 is 1.37 bits per heavy atom. The molecule has 0 spiro atoms. The zero-order valence-corrected chi connectivity index (χ0v) is 11.8. The van der Waals surface area contributed by atoms with Gasteiger partial charge in [-0.3, -0.25) is 0 Å². The van der Waals surface area contributed by atoms with E-state index in [0.717, 1.165) is 4.47 Å². The maximum atomic E-state index is 11.0. The van der Waals surface area contributed by atoms with Crippen LogP contribution in [0.15, 0.2) is 40.9 Å². The van der Waals surface area contributed by atoms with Crippen LogP contribution in [0.5, 0.6) is 11.6 Å². The van der Waals surface area contributed by atoms with Crippen LogP contribution < -0.4 is 4.74 Å². The number of carboxylic acids is 1. The zero-order valence-electron chi connectivity index (χ0n) is 10.3. The van der Waals surface area contributed by atoms with Crippen LogP contribution in [-0.4, -0.2) is 16.1 Å². The van der Waals surface area contributed by atoms with Crippen LogP contribution in [0.2, 0.25) is 0 Å². The molecule has 98 valence electrons. The first kappa shape index (κ1) is 13.5. The molecule has 0 bridgehead atoms. The van der Waals surface area contributed by atoms with Crippen LogP contribution >= 0.6 is 15.9 Å². The number of hydrogen-bond acceptors (Lipinski definition) is 3. The summed E-state index contributed by atoms with van der Waals surface area (Å²) >= 11 is 3.37. The summed E-state index contributed by atoms with van der Waals surface area (Å²) < 4.78 is 6.41. The van der Waals surface area contributed by atoms with Gasteiger partial charge in [-0.25, -0.2) is 9.78 Å². The van der Waals surface area contributed by atoms with Crippen LogP contribution in [0.25, 0.3) is 0 Å². The molecule has 1 aromatic carbocycles. The average Bonchev–Trinajstić information content (AvgIpc) is 2.41. The summed E-state index contributed by atoms with van der Waals surface area (Å²) in [6.45, 7) is 1.91. The number of halogens is 1. The van der Waals surface area contributed by atoms with Gasteiger partial charge >= 0.3 is 5.97 Å². The number of pyridine rings is 1. The molecule has 2 aromatic rings. The Balaban J connectivity index is 2.37. The van der Waals surface area contributed by atoms with E-state index in [-0.39, 0.29) is 11.4 Å². The summed E-state index contributed by atoms with van der Waals surface area (Å²) in [7, 11) is 0. The molecule has 0 amide bonds. The molecule has 0 unspecified atom stereocenters. The number of aryl methyl sites for hydroxylation is 1. The molecule has 2 rings (SSSR count). The Morgan fingerprint density at radius 3 is 2.74 bits per heavy atom. The van der Waals surface area contributed by atoms with Gasteiger partial charge in [0.1, 0.15) is 5.75 Å². The number of para-hydroxylation sites is 1. The van der Waals surface area contributed by atoms with Crippen molar-refractivity contribution in [3.8, 4) is 11.6 Å². The first-order valence-corrected chi connectivity index (χ1v) is 6.56. The van der Waals surface area contributed by atoms with Crippen LogP contribution in [-0.2, 0) is 6.42 Å². The molecule has 1 aromatic heterocycles. The number of nitrogens with zero attached hydrogens (tertiary/aromatic N) is 1. The fourth-order valence-corrected chi connectivity index (χ4v) is 1.92. The number of aromatic carboxylic acids is 1. The number of ether oxygens (including phenoxy) is 1. The molecule has 0 saturated heterocycles. The summed E-state index contributed by atoms with van der Waals surface area (Å²) in [5.74, 6) is -0.114. The Hall–Kier alpha value is -1.88. The lowest BCUT2D eigenvalue weighted by Crippen LogP contribution is -2.01. The van der Waals surface area contributed by atoms with Crippen molar-refractivity contribution in [2.45, 2.75) is 13.3 Å². The molecule has 19 heavy (non-hydrogen) atoms. The highest BCUT2D eigenvalue weighted by atomic mass is 79.9. The normalized spacial score (nSPS) is 10.2. The first-order valence-electron chi connectivity index (χ1n) is 5.76. The smallest absolute Gasteiger partial charge is 0.335 e. The molecule has 1 N–H and O–H groups in total. The third-order valence-electron chi connectivity index (χ3n) is 2.52. The Morgan fingerprint density at radius 2 is 2.11 bits per heavy atom. The zero-order chi connectivity index (χ0) is 13.8. The molecule has 0 radical (unpaired) electrons. The van der Waals surface area contributed by atoms with Gasteiger partial charge in [-0.15, -0.1) is 0 Å². The van der Waals surface area contributed by atoms with E-state index in [0.29, 0.717) is 17.9 Å². The van der Waals surface area contributed by atoms with Crippen LogP contribution in [0, 0.1) is 0 Å². The first-order chi connectivity index (χ1) is 9.10. The minimum atomic E-state index is -0.992. The van der Waals surface area contributed by atoms with Crippen molar-refractivity contribution in [3.05, 3.63) is 52.1 Å². The summed E-state index contributed by atoms with van der Waals surface area (Å²) in [4.78, 5) is 15.3. The molecule has 0 aliphatic rings. The van der Waals surface area contributed by atoms with Crippen LogP contribution in [0.4, 0.5) is 0 Å². The lowest BCUT2D eigenvalue weighted by atomic mass is 10.2. The number of carbonyl (C=O) groups is 1. The van der Waals surface area contributed by atoms with Crippen molar-refractivity contribution >= 4 is 21.9 Å². The van der Waals surface area contributed by atoms with Crippen LogP contribution in [0.3, 0.4) is 0 Å². The Labute approximate surface area is 119 Å². The molecule has 5 heteroatoms. The van der Waals surface area contributed by atoms with E-state index < -0.39 is 5.97 Å². The van der Waals surface area contributed by atoms with Gasteiger partial charge in [0.05, 0.1) is 10.0 Å². The van der Waals surface area contributed by atoms with Crippen LogP contribution in [0.1, 0.15) is 23.0 Å².